The summed E-state index contributed by atoms with van der Waals surface area (Å²) < 4.78 is 5.13. The van der Waals surface area contributed by atoms with Crippen LogP contribution in [0.15, 0.2) is 0 Å². The minimum absolute atomic E-state index is 0.750. The summed E-state index contributed by atoms with van der Waals surface area (Å²) in [6.07, 6.45) is 3.78. The molecule has 0 bridgehead atoms. The van der Waals surface area contributed by atoms with Gasteiger partial charge in [0.15, 0.2) is 0 Å². The Morgan fingerprint density at radius 3 is 1.38 bits per heavy atom. The molecule has 0 unspecified atom stereocenters. The second kappa shape index (κ2) is 31.0. The lowest BCUT2D eigenvalue weighted by Gasteiger charge is -1.95. The first-order valence-corrected chi connectivity index (χ1v) is 3.90. The molecule has 0 aliphatic heterocycles. The summed E-state index contributed by atoms with van der Waals surface area (Å²) >= 11 is 0. The molecular formula is C8H16N2O3. The van der Waals surface area contributed by atoms with Crippen LogP contribution in [0.2, 0.25) is 0 Å². The van der Waals surface area contributed by atoms with Gasteiger partial charge in [-0.3, -0.25) is 0 Å². The Labute approximate surface area is 78.1 Å². The van der Waals surface area contributed by atoms with Crippen molar-refractivity contribution in [2.75, 3.05) is 13.2 Å². The number of carbonyl (C=O) groups excluding carboxylic acids is 2. The fraction of sp³-hybridized carbons (Fsp3) is 0.750. The maximum atomic E-state index is 8.35. The van der Waals surface area contributed by atoms with Crippen molar-refractivity contribution in [3.8, 4) is 0 Å². The fourth-order valence-electron chi connectivity index (χ4n) is 0.391. The highest BCUT2D eigenvalue weighted by atomic mass is 16.5. The highest BCUT2D eigenvalue weighted by molar-refractivity contribution is 5.26. The molecule has 76 valence electrons. The van der Waals surface area contributed by atoms with Gasteiger partial charge in [0.25, 0.3) is 0 Å². The number of hydrogen-bond acceptors (Lipinski definition) is 5. The van der Waals surface area contributed by atoms with E-state index in [4.69, 9.17) is 25.1 Å². The first kappa shape index (κ1) is 17.7. The largest absolute Gasteiger partial charge is 0.381 e. The molecule has 0 aromatic carbocycles. The average molecular weight is 188 g/mol. The summed E-state index contributed by atoms with van der Waals surface area (Å²) in [5.41, 5.74) is 0. The minimum Gasteiger partial charge on any atom is -0.381 e. The van der Waals surface area contributed by atoms with Gasteiger partial charge in [0.2, 0.25) is 12.2 Å². The zero-order chi connectivity index (χ0) is 10.9. The number of isocyanates is 2. The molecule has 0 heterocycles. The number of hydrogen-bond donors (Lipinski definition) is 2. The number of nitrogens with one attached hydrogen (secondary N) is 2. The molecule has 0 spiro atoms. The fourth-order valence-corrected chi connectivity index (χ4v) is 0.391. The second-order valence-electron chi connectivity index (χ2n) is 1.82. The van der Waals surface area contributed by atoms with Gasteiger partial charge in [-0.15, -0.1) is 0 Å². The SMILES string of the molecule is CCCOCCC.N=C=O.N=C=O. The Balaban J connectivity index is -0.000000140. The van der Waals surface area contributed by atoms with Crippen molar-refractivity contribution < 1.29 is 14.3 Å². The van der Waals surface area contributed by atoms with E-state index in [1.54, 1.807) is 0 Å². The van der Waals surface area contributed by atoms with Crippen molar-refractivity contribution in [3.63, 3.8) is 0 Å². The topological polar surface area (TPSA) is 91.1 Å². The van der Waals surface area contributed by atoms with Crippen molar-refractivity contribution in [2.45, 2.75) is 26.7 Å². The molecule has 0 aliphatic carbocycles. The van der Waals surface area contributed by atoms with E-state index in [0.29, 0.717) is 0 Å². The van der Waals surface area contributed by atoms with E-state index in [-0.39, 0.29) is 0 Å². The van der Waals surface area contributed by atoms with E-state index >= 15 is 0 Å². The van der Waals surface area contributed by atoms with Crippen LogP contribution in [0.4, 0.5) is 0 Å². The minimum atomic E-state index is 0.750. The molecule has 0 aromatic rings. The lowest BCUT2D eigenvalue weighted by molar-refractivity contribution is 0.135. The Bertz CT molecular complexity index is 120. The third-order valence-corrected chi connectivity index (χ3v) is 0.697. The van der Waals surface area contributed by atoms with Gasteiger partial charge in [0, 0.05) is 13.2 Å². The summed E-state index contributed by atoms with van der Waals surface area (Å²) in [7, 11) is 0. The Kier molecular flexibility index (Phi) is 42.2. The molecule has 0 aliphatic rings. The molecule has 0 amide bonds. The number of rotatable bonds is 4. The number of ether oxygens (including phenoxy) is 1. The van der Waals surface area contributed by atoms with E-state index in [0.717, 1.165) is 38.2 Å². The van der Waals surface area contributed by atoms with E-state index in [2.05, 4.69) is 13.8 Å². The smallest absolute Gasteiger partial charge is 0.231 e. The summed E-state index contributed by atoms with van der Waals surface area (Å²) in [6.45, 7) is 6.09. The van der Waals surface area contributed by atoms with E-state index in [1.165, 1.54) is 0 Å². The van der Waals surface area contributed by atoms with Gasteiger partial charge in [0.05, 0.1) is 0 Å². The van der Waals surface area contributed by atoms with Gasteiger partial charge in [-0.1, -0.05) is 13.8 Å². The molecule has 0 rings (SSSR count). The van der Waals surface area contributed by atoms with Gasteiger partial charge in [-0.2, -0.15) is 0 Å². The zero-order valence-electron chi connectivity index (χ0n) is 8.05. The van der Waals surface area contributed by atoms with Crippen LogP contribution in [0.5, 0.6) is 0 Å². The summed E-state index contributed by atoms with van der Waals surface area (Å²) in [5.74, 6) is 0. The molecule has 0 saturated heterocycles. The van der Waals surface area contributed by atoms with Gasteiger partial charge in [-0.25, -0.2) is 20.4 Å². The van der Waals surface area contributed by atoms with Gasteiger partial charge < -0.3 is 4.74 Å². The first-order chi connectivity index (χ1) is 6.24. The lowest BCUT2D eigenvalue weighted by Crippen LogP contribution is -1.92. The molecule has 0 aromatic heterocycles. The van der Waals surface area contributed by atoms with E-state index in [9.17, 15) is 0 Å². The van der Waals surface area contributed by atoms with E-state index < -0.39 is 0 Å². The van der Waals surface area contributed by atoms with Crippen molar-refractivity contribution in [3.05, 3.63) is 0 Å². The molecule has 13 heavy (non-hydrogen) atoms. The molecular weight excluding hydrogens is 172 g/mol. The van der Waals surface area contributed by atoms with Gasteiger partial charge in [-0.05, 0) is 12.8 Å². The predicted molar refractivity (Wildman–Crippen MR) is 48.2 cm³/mol. The van der Waals surface area contributed by atoms with Crippen LogP contribution in [-0.4, -0.2) is 25.4 Å². The normalized spacial score (nSPS) is 6.31. The van der Waals surface area contributed by atoms with Gasteiger partial charge in [0.1, 0.15) is 0 Å². The van der Waals surface area contributed by atoms with Crippen LogP contribution >= 0.6 is 0 Å². The third kappa shape index (κ3) is 110. The molecule has 5 heteroatoms. The molecule has 2 N–H and O–H groups in total. The molecule has 0 radical (unpaired) electrons. The average Bonchev–Trinajstić information content (AvgIpc) is 2.08. The lowest BCUT2D eigenvalue weighted by atomic mass is 10.5. The summed E-state index contributed by atoms with van der Waals surface area (Å²) in [4.78, 5) is 16.7. The Hall–Kier alpha value is -1.28. The standard InChI is InChI=1S/C6H14O.2CHNO/c1-3-5-7-6-4-2;2*2-1-3/h3-6H2,1-2H3;2*2H. The van der Waals surface area contributed by atoms with Gasteiger partial charge >= 0.3 is 0 Å². The molecule has 0 fully saturated rings. The Morgan fingerprint density at radius 2 is 1.23 bits per heavy atom. The summed E-state index contributed by atoms with van der Waals surface area (Å²) in [6, 6.07) is 0. The van der Waals surface area contributed by atoms with E-state index in [1.807, 2.05) is 0 Å². The molecule has 5 nitrogen and oxygen atoms in total. The molecule has 0 saturated carbocycles. The monoisotopic (exact) mass is 188 g/mol. The van der Waals surface area contributed by atoms with Crippen LogP contribution in [0.25, 0.3) is 0 Å². The maximum absolute atomic E-state index is 8.35. The van der Waals surface area contributed by atoms with Crippen molar-refractivity contribution in [1.82, 2.24) is 0 Å². The van der Waals surface area contributed by atoms with Crippen molar-refractivity contribution >= 4 is 12.2 Å². The van der Waals surface area contributed by atoms with Crippen LogP contribution < -0.4 is 0 Å². The van der Waals surface area contributed by atoms with Crippen LogP contribution in [0, 0.1) is 10.8 Å². The quantitative estimate of drug-likeness (QED) is 0.399. The highest BCUT2D eigenvalue weighted by Crippen LogP contribution is 1.81. The van der Waals surface area contributed by atoms with Crippen LogP contribution in [0.1, 0.15) is 26.7 Å². The van der Waals surface area contributed by atoms with Crippen molar-refractivity contribution in [2.24, 2.45) is 0 Å². The highest BCUT2D eigenvalue weighted by Gasteiger charge is 1.77. The Morgan fingerprint density at radius 1 is 1.00 bits per heavy atom. The maximum Gasteiger partial charge on any atom is 0.231 e. The zero-order valence-corrected chi connectivity index (χ0v) is 8.05. The predicted octanol–water partition coefficient (Wildman–Crippen LogP) is 1.62. The molecule has 0 atom stereocenters. The van der Waals surface area contributed by atoms with Crippen LogP contribution in [-0.2, 0) is 14.3 Å². The first-order valence-electron chi connectivity index (χ1n) is 3.90. The van der Waals surface area contributed by atoms with Crippen LogP contribution in [0.3, 0.4) is 0 Å². The third-order valence-electron chi connectivity index (χ3n) is 0.697. The second-order valence-corrected chi connectivity index (χ2v) is 1.82. The summed E-state index contributed by atoms with van der Waals surface area (Å²) in [5, 5.41) is 10.8. The van der Waals surface area contributed by atoms with Crippen molar-refractivity contribution in [1.29, 1.82) is 10.8 Å².